The van der Waals surface area contributed by atoms with Crippen LogP contribution in [-0.2, 0) is 4.79 Å². The molecule has 1 amide bonds. The Hall–Kier alpha value is -3.31. The average molecular weight is 386 g/mol. The summed E-state index contributed by atoms with van der Waals surface area (Å²) in [6, 6.07) is 20.7. The molecule has 138 valence electrons. The predicted octanol–water partition coefficient (Wildman–Crippen LogP) is 5.34. The van der Waals surface area contributed by atoms with Crippen molar-refractivity contribution >= 4 is 45.4 Å². The lowest BCUT2D eigenvalue weighted by Gasteiger charge is -2.12. The van der Waals surface area contributed by atoms with E-state index in [4.69, 9.17) is 0 Å². The fraction of sp³-hybridized carbons (Fsp3) is 0.0435. The molecule has 4 rings (SSSR count). The van der Waals surface area contributed by atoms with Crippen molar-refractivity contribution in [2.24, 2.45) is 4.99 Å². The third kappa shape index (κ3) is 3.57. The predicted molar refractivity (Wildman–Crippen MR) is 117 cm³/mol. The average Bonchev–Trinajstić information content (AvgIpc) is 2.99. The zero-order valence-corrected chi connectivity index (χ0v) is 15.9. The number of phenols is 1. The molecule has 0 aromatic heterocycles. The first-order valence-electron chi connectivity index (χ1n) is 8.83. The van der Waals surface area contributed by atoms with Crippen molar-refractivity contribution in [3.8, 4) is 5.75 Å². The molecule has 0 radical (unpaired) electrons. The molecule has 0 atom stereocenters. The van der Waals surface area contributed by atoms with E-state index in [9.17, 15) is 9.90 Å². The van der Waals surface area contributed by atoms with Gasteiger partial charge in [0.2, 0.25) is 0 Å². The largest absolute Gasteiger partial charge is 0.508 e. The van der Waals surface area contributed by atoms with Crippen molar-refractivity contribution in [3.05, 3.63) is 89.9 Å². The number of aliphatic imine (C=N–C) groups is 1. The number of benzene rings is 3. The fourth-order valence-corrected chi connectivity index (χ4v) is 4.04. The lowest BCUT2D eigenvalue weighted by Crippen LogP contribution is -2.29. The van der Waals surface area contributed by atoms with Gasteiger partial charge in [0, 0.05) is 6.54 Å². The third-order valence-corrected chi connectivity index (χ3v) is 5.39. The maximum Gasteiger partial charge on any atom is 0.267 e. The maximum absolute atomic E-state index is 13.0. The van der Waals surface area contributed by atoms with E-state index in [1.54, 1.807) is 35.2 Å². The van der Waals surface area contributed by atoms with Crippen LogP contribution in [0.25, 0.3) is 16.8 Å². The number of phenolic OH excluding ortho intramolecular Hbond substituents is 1. The molecule has 1 aliphatic rings. The zero-order valence-electron chi connectivity index (χ0n) is 15.1. The SMILES string of the molecule is C=CCN1C(=O)/C(=C/c2cccc3ccccc23)SC1=Nc1ccc(O)cc1. The van der Waals surface area contributed by atoms with Crippen molar-refractivity contribution in [1.29, 1.82) is 0 Å². The fourth-order valence-electron chi connectivity index (χ4n) is 3.04. The van der Waals surface area contributed by atoms with Crippen LogP contribution in [0.2, 0.25) is 0 Å². The van der Waals surface area contributed by atoms with Gasteiger partial charge in [-0.15, -0.1) is 6.58 Å². The number of carbonyl (C=O) groups excluding carboxylic acids is 1. The highest BCUT2D eigenvalue weighted by atomic mass is 32.2. The van der Waals surface area contributed by atoms with Gasteiger partial charge >= 0.3 is 0 Å². The number of rotatable bonds is 4. The Morgan fingerprint density at radius 2 is 1.79 bits per heavy atom. The summed E-state index contributed by atoms with van der Waals surface area (Å²) < 4.78 is 0. The van der Waals surface area contributed by atoms with E-state index >= 15 is 0 Å². The molecule has 4 nitrogen and oxygen atoms in total. The van der Waals surface area contributed by atoms with E-state index in [1.165, 1.54) is 11.8 Å². The Morgan fingerprint density at radius 3 is 2.57 bits per heavy atom. The summed E-state index contributed by atoms with van der Waals surface area (Å²) in [4.78, 5) is 19.8. The summed E-state index contributed by atoms with van der Waals surface area (Å²) >= 11 is 1.35. The van der Waals surface area contributed by atoms with E-state index in [1.807, 2.05) is 30.3 Å². The number of amides is 1. The van der Waals surface area contributed by atoms with E-state index in [-0.39, 0.29) is 11.7 Å². The molecule has 0 saturated carbocycles. The highest BCUT2D eigenvalue weighted by molar-refractivity contribution is 8.18. The van der Waals surface area contributed by atoms with Gasteiger partial charge in [-0.1, -0.05) is 48.5 Å². The summed E-state index contributed by atoms with van der Waals surface area (Å²) in [5.41, 5.74) is 1.67. The van der Waals surface area contributed by atoms with Gasteiger partial charge in [0.25, 0.3) is 5.91 Å². The van der Waals surface area contributed by atoms with Crippen LogP contribution in [0.3, 0.4) is 0 Å². The maximum atomic E-state index is 13.0. The Kier molecular flexibility index (Phi) is 5.00. The first-order valence-corrected chi connectivity index (χ1v) is 9.65. The second-order valence-electron chi connectivity index (χ2n) is 6.29. The van der Waals surface area contributed by atoms with E-state index in [0.29, 0.717) is 22.3 Å². The molecule has 1 fully saturated rings. The molecule has 0 unspecified atom stereocenters. The molecule has 5 heteroatoms. The Labute approximate surface area is 167 Å². The zero-order chi connectivity index (χ0) is 19.5. The number of fused-ring (bicyclic) bond motifs is 1. The molecule has 1 aliphatic heterocycles. The summed E-state index contributed by atoms with van der Waals surface area (Å²) in [6.07, 6.45) is 3.61. The van der Waals surface area contributed by atoms with Crippen molar-refractivity contribution in [1.82, 2.24) is 4.90 Å². The van der Waals surface area contributed by atoms with Gasteiger partial charge in [-0.05, 0) is 58.4 Å². The van der Waals surface area contributed by atoms with Crippen molar-refractivity contribution in [2.75, 3.05) is 6.54 Å². The molecule has 1 heterocycles. The van der Waals surface area contributed by atoms with Crippen LogP contribution in [0, 0.1) is 0 Å². The summed E-state index contributed by atoms with van der Waals surface area (Å²) in [5.74, 6) is 0.0916. The first kappa shape index (κ1) is 18.1. The third-order valence-electron chi connectivity index (χ3n) is 4.38. The summed E-state index contributed by atoms with van der Waals surface area (Å²) in [5, 5.41) is 12.3. The normalized spacial score (nSPS) is 17.0. The number of carbonyl (C=O) groups is 1. The van der Waals surface area contributed by atoms with Gasteiger partial charge < -0.3 is 5.11 Å². The standard InChI is InChI=1S/C23H18N2O2S/c1-2-14-25-22(27)21(28-23(25)24-18-10-12-19(26)13-11-18)15-17-8-5-7-16-6-3-4-9-20(16)17/h2-13,15,26H,1,14H2/b21-15-,24-23?. The van der Waals surface area contributed by atoms with Crippen LogP contribution in [0.4, 0.5) is 5.69 Å². The van der Waals surface area contributed by atoms with Crippen LogP contribution in [-0.4, -0.2) is 27.6 Å². The second kappa shape index (κ2) is 7.74. The number of amidine groups is 1. The number of aromatic hydroxyl groups is 1. The highest BCUT2D eigenvalue weighted by Crippen LogP contribution is 2.35. The molecule has 1 N–H and O–H groups in total. The van der Waals surface area contributed by atoms with Gasteiger partial charge in [0.15, 0.2) is 5.17 Å². The molecule has 3 aromatic carbocycles. The van der Waals surface area contributed by atoms with E-state index < -0.39 is 0 Å². The number of hydrogen-bond donors (Lipinski definition) is 1. The van der Waals surface area contributed by atoms with Crippen molar-refractivity contribution < 1.29 is 9.90 Å². The van der Waals surface area contributed by atoms with E-state index in [2.05, 4.69) is 29.8 Å². The van der Waals surface area contributed by atoms with Crippen LogP contribution >= 0.6 is 11.8 Å². The molecule has 28 heavy (non-hydrogen) atoms. The number of nitrogens with zero attached hydrogens (tertiary/aromatic N) is 2. The van der Waals surface area contributed by atoms with Gasteiger partial charge in [-0.25, -0.2) is 4.99 Å². The molecule has 3 aromatic rings. The van der Waals surface area contributed by atoms with Crippen LogP contribution in [0.1, 0.15) is 5.56 Å². The molecule has 0 bridgehead atoms. The minimum atomic E-state index is -0.0876. The molecular weight excluding hydrogens is 368 g/mol. The lowest BCUT2D eigenvalue weighted by molar-refractivity contribution is -0.121. The van der Waals surface area contributed by atoms with Crippen LogP contribution in [0.5, 0.6) is 5.75 Å². The van der Waals surface area contributed by atoms with Crippen molar-refractivity contribution in [3.63, 3.8) is 0 Å². The topological polar surface area (TPSA) is 52.9 Å². The summed E-state index contributed by atoms with van der Waals surface area (Å²) in [6.45, 7) is 4.14. The minimum absolute atomic E-state index is 0.0876. The summed E-state index contributed by atoms with van der Waals surface area (Å²) in [7, 11) is 0. The van der Waals surface area contributed by atoms with Gasteiger partial charge in [-0.3, -0.25) is 9.69 Å². The first-order chi connectivity index (χ1) is 13.7. The quantitative estimate of drug-likeness (QED) is 0.487. The molecule has 0 spiro atoms. The lowest BCUT2D eigenvalue weighted by atomic mass is 10.0. The van der Waals surface area contributed by atoms with Gasteiger partial charge in [0.05, 0.1) is 10.6 Å². The minimum Gasteiger partial charge on any atom is -0.508 e. The van der Waals surface area contributed by atoms with Crippen LogP contribution < -0.4 is 0 Å². The van der Waals surface area contributed by atoms with E-state index in [0.717, 1.165) is 16.3 Å². The molecule has 0 aliphatic carbocycles. The Bertz CT molecular complexity index is 1110. The monoisotopic (exact) mass is 386 g/mol. The second-order valence-corrected chi connectivity index (χ2v) is 7.30. The van der Waals surface area contributed by atoms with Gasteiger partial charge in [0.1, 0.15) is 5.75 Å². The molecule has 1 saturated heterocycles. The van der Waals surface area contributed by atoms with Gasteiger partial charge in [-0.2, -0.15) is 0 Å². The number of thioether (sulfide) groups is 1. The Balaban J connectivity index is 1.74. The smallest absolute Gasteiger partial charge is 0.267 e. The number of hydrogen-bond acceptors (Lipinski definition) is 4. The van der Waals surface area contributed by atoms with Crippen molar-refractivity contribution in [2.45, 2.75) is 0 Å². The molecular formula is C23H18N2O2S. The van der Waals surface area contributed by atoms with Crippen LogP contribution in [0.15, 0.2) is 89.3 Å². The highest BCUT2D eigenvalue weighted by Gasteiger charge is 2.32. The Morgan fingerprint density at radius 1 is 1.04 bits per heavy atom.